The van der Waals surface area contributed by atoms with Gasteiger partial charge in [0.1, 0.15) is 5.82 Å². The van der Waals surface area contributed by atoms with Crippen molar-refractivity contribution in [3.63, 3.8) is 0 Å². The summed E-state index contributed by atoms with van der Waals surface area (Å²) in [6.07, 6.45) is 1.70. The summed E-state index contributed by atoms with van der Waals surface area (Å²) in [6, 6.07) is 5.46. The largest absolute Gasteiger partial charge is 0.396 e. The van der Waals surface area contributed by atoms with E-state index in [9.17, 15) is 9.18 Å². The van der Waals surface area contributed by atoms with E-state index < -0.39 is 5.82 Å². The van der Waals surface area contributed by atoms with Crippen LogP contribution in [0.1, 0.15) is 10.4 Å². The summed E-state index contributed by atoms with van der Waals surface area (Å²) in [5.41, 5.74) is 5.61. The number of rotatable bonds is 2. The Labute approximate surface area is 97.0 Å². The zero-order chi connectivity index (χ0) is 12.4. The van der Waals surface area contributed by atoms with Crippen LogP contribution in [0.2, 0.25) is 0 Å². The average molecular weight is 234 g/mol. The number of nitrogens with two attached hydrogens (primary N) is 1. The van der Waals surface area contributed by atoms with Gasteiger partial charge in [0.05, 0.1) is 5.69 Å². The first-order valence-corrected chi connectivity index (χ1v) is 4.92. The van der Waals surface area contributed by atoms with Crippen LogP contribution in [-0.2, 0) is 7.05 Å². The lowest BCUT2D eigenvalue weighted by atomic mass is 10.2. The van der Waals surface area contributed by atoms with E-state index in [0.29, 0.717) is 5.82 Å². The molecule has 1 heterocycles. The molecule has 2 aromatic rings. The molecule has 6 heteroatoms. The number of carbonyl (C=O) groups is 1. The highest BCUT2D eigenvalue weighted by molar-refractivity contribution is 6.04. The molecule has 0 atom stereocenters. The molecule has 0 bridgehead atoms. The summed E-state index contributed by atoms with van der Waals surface area (Å²) in [5.74, 6) is -0.491. The third kappa shape index (κ3) is 2.41. The molecular weight excluding hydrogens is 223 g/mol. The Hall–Kier alpha value is -2.37. The molecule has 5 nitrogen and oxygen atoms in total. The number of nitrogens with zero attached hydrogens (tertiary/aromatic N) is 2. The number of aromatic nitrogens is 2. The molecular formula is C11H11FN4O. The maximum Gasteiger partial charge on any atom is 0.256 e. The molecule has 1 aromatic heterocycles. The molecule has 88 valence electrons. The Morgan fingerprint density at radius 1 is 1.47 bits per heavy atom. The van der Waals surface area contributed by atoms with E-state index >= 15 is 0 Å². The number of aryl methyl sites for hydroxylation is 1. The smallest absolute Gasteiger partial charge is 0.256 e. The summed E-state index contributed by atoms with van der Waals surface area (Å²) in [4.78, 5) is 11.7. The first kappa shape index (κ1) is 11.1. The van der Waals surface area contributed by atoms with Gasteiger partial charge < -0.3 is 11.1 Å². The fourth-order valence-corrected chi connectivity index (χ4v) is 1.36. The minimum absolute atomic E-state index is 0.0568. The Balaban J connectivity index is 2.17. The Kier molecular flexibility index (Phi) is 2.78. The predicted molar refractivity (Wildman–Crippen MR) is 62.0 cm³/mol. The summed E-state index contributed by atoms with van der Waals surface area (Å²) in [6.45, 7) is 0. The lowest BCUT2D eigenvalue weighted by Gasteiger charge is -2.03. The van der Waals surface area contributed by atoms with Gasteiger partial charge in [0, 0.05) is 24.9 Å². The number of nitrogens with one attached hydrogen (secondary N) is 1. The molecule has 17 heavy (non-hydrogen) atoms. The first-order valence-electron chi connectivity index (χ1n) is 4.92. The van der Waals surface area contributed by atoms with Gasteiger partial charge in [-0.2, -0.15) is 5.10 Å². The Bertz CT molecular complexity index is 564. The predicted octanol–water partition coefficient (Wildman–Crippen LogP) is 1.39. The van der Waals surface area contributed by atoms with Gasteiger partial charge in [-0.15, -0.1) is 0 Å². The van der Waals surface area contributed by atoms with Gasteiger partial charge in [-0.1, -0.05) is 0 Å². The van der Waals surface area contributed by atoms with E-state index in [1.807, 2.05) is 0 Å². The van der Waals surface area contributed by atoms with Gasteiger partial charge in [0.15, 0.2) is 5.82 Å². The van der Waals surface area contributed by atoms with E-state index in [0.717, 1.165) is 6.07 Å². The van der Waals surface area contributed by atoms with Crippen molar-refractivity contribution in [2.24, 2.45) is 7.05 Å². The monoisotopic (exact) mass is 234 g/mol. The summed E-state index contributed by atoms with van der Waals surface area (Å²) in [5, 5.41) is 6.57. The molecule has 0 saturated carbocycles. The molecule has 0 radical (unpaired) electrons. The van der Waals surface area contributed by atoms with E-state index in [1.165, 1.54) is 12.1 Å². The van der Waals surface area contributed by atoms with Gasteiger partial charge in [-0.25, -0.2) is 4.39 Å². The van der Waals surface area contributed by atoms with Gasteiger partial charge in [-0.05, 0) is 18.2 Å². The third-order valence-electron chi connectivity index (χ3n) is 2.21. The first-order chi connectivity index (χ1) is 8.06. The summed E-state index contributed by atoms with van der Waals surface area (Å²) in [7, 11) is 1.74. The number of carbonyl (C=O) groups excluding carboxylic acids is 1. The van der Waals surface area contributed by atoms with Crippen LogP contribution < -0.4 is 11.1 Å². The van der Waals surface area contributed by atoms with Crippen molar-refractivity contribution in [1.82, 2.24) is 9.78 Å². The van der Waals surface area contributed by atoms with Crippen LogP contribution in [0.15, 0.2) is 30.5 Å². The molecule has 0 fully saturated rings. The van der Waals surface area contributed by atoms with Gasteiger partial charge >= 0.3 is 0 Å². The molecule has 0 aliphatic heterocycles. The van der Waals surface area contributed by atoms with Crippen molar-refractivity contribution in [3.8, 4) is 0 Å². The Morgan fingerprint density at radius 2 is 2.24 bits per heavy atom. The Morgan fingerprint density at radius 3 is 2.82 bits per heavy atom. The number of hydrogen-bond donors (Lipinski definition) is 2. The normalized spacial score (nSPS) is 10.2. The maximum atomic E-state index is 12.9. The maximum absolute atomic E-state index is 12.9. The second-order valence-electron chi connectivity index (χ2n) is 3.57. The minimum Gasteiger partial charge on any atom is -0.396 e. The third-order valence-corrected chi connectivity index (χ3v) is 2.21. The van der Waals surface area contributed by atoms with Crippen LogP contribution >= 0.6 is 0 Å². The molecule has 1 amide bonds. The van der Waals surface area contributed by atoms with Crippen molar-refractivity contribution >= 4 is 17.4 Å². The SMILES string of the molecule is Cn1ccc(NC(=O)c2ccc(F)c(N)c2)n1. The second kappa shape index (κ2) is 4.25. The van der Waals surface area contributed by atoms with Crippen LogP contribution in [0.5, 0.6) is 0 Å². The fourth-order valence-electron chi connectivity index (χ4n) is 1.36. The molecule has 0 saturated heterocycles. The van der Waals surface area contributed by atoms with Crippen molar-refractivity contribution in [2.45, 2.75) is 0 Å². The van der Waals surface area contributed by atoms with E-state index in [2.05, 4.69) is 10.4 Å². The number of anilines is 2. The molecule has 0 spiro atoms. The number of halogens is 1. The second-order valence-corrected chi connectivity index (χ2v) is 3.57. The van der Waals surface area contributed by atoms with E-state index in [-0.39, 0.29) is 17.2 Å². The van der Waals surface area contributed by atoms with Crippen molar-refractivity contribution in [2.75, 3.05) is 11.1 Å². The van der Waals surface area contributed by atoms with E-state index in [4.69, 9.17) is 5.73 Å². The molecule has 0 unspecified atom stereocenters. The number of nitrogen functional groups attached to an aromatic ring is 1. The average Bonchev–Trinajstić information content (AvgIpc) is 2.68. The van der Waals surface area contributed by atoms with Crippen LogP contribution in [-0.4, -0.2) is 15.7 Å². The highest BCUT2D eigenvalue weighted by Gasteiger charge is 2.09. The highest BCUT2D eigenvalue weighted by atomic mass is 19.1. The minimum atomic E-state index is -0.542. The summed E-state index contributed by atoms with van der Waals surface area (Å²) >= 11 is 0. The van der Waals surface area contributed by atoms with Crippen LogP contribution in [0.25, 0.3) is 0 Å². The van der Waals surface area contributed by atoms with Gasteiger partial charge in [0.2, 0.25) is 0 Å². The van der Waals surface area contributed by atoms with E-state index in [1.54, 1.807) is 24.0 Å². The van der Waals surface area contributed by atoms with Crippen molar-refractivity contribution in [3.05, 3.63) is 41.8 Å². The van der Waals surface area contributed by atoms with Crippen LogP contribution in [0.4, 0.5) is 15.9 Å². The van der Waals surface area contributed by atoms with Crippen LogP contribution in [0, 0.1) is 5.82 Å². The quantitative estimate of drug-likeness (QED) is 0.771. The molecule has 0 aliphatic carbocycles. The number of hydrogen-bond acceptors (Lipinski definition) is 3. The lowest BCUT2D eigenvalue weighted by Crippen LogP contribution is -2.13. The highest BCUT2D eigenvalue weighted by Crippen LogP contribution is 2.13. The van der Waals surface area contributed by atoms with Gasteiger partial charge in [-0.3, -0.25) is 9.48 Å². The van der Waals surface area contributed by atoms with Crippen LogP contribution in [0.3, 0.4) is 0 Å². The van der Waals surface area contributed by atoms with Gasteiger partial charge in [0.25, 0.3) is 5.91 Å². The molecule has 3 N–H and O–H groups in total. The molecule has 0 aliphatic rings. The molecule has 2 rings (SSSR count). The topological polar surface area (TPSA) is 72.9 Å². The number of benzene rings is 1. The zero-order valence-corrected chi connectivity index (χ0v) is 9.14. The number of amides is 1. The lowest BCUT2D eigenvalue weighted by molar-refractivity contribution is 0.102. The molecule has 1 aromatic carbocycles. The van der Waals surface area contributed by atoms with Crippen molar-refractivity contribution in [1.29, 1.82) is 0 Å². The fraction of sp³-hybridized carbons (Fsp3) is 0.0909. The summed E-state index contributed by atoms with van der Waals surface area (Å²) < 4.78 is 14.5. The zero-order valence-electron chi connectivity index (χ0n) is 9.14. The standard InChI is InChI=1S/C11H11FN4O/c1-16-5-4-10(15-16)14-11(17)7-2-3-8(12)9(13)6-7/h2-6H,13H2,1H3,(H,14,15,17). The van der Waals surface area contributed by atoms with Crippen molar-refractivity contribution < 1.29 is 9.18 Å².